The van der Waals surface area contributed by atoms with Gasteiger partial charge in [0, 0.05) is 13.0 Å². The number of halogens is 3. The van der Waals surface area contributed by atoms with Crippen LogP contribution in [0.15, 0.2) is 18.2 Å². The molecule has 0 spiro atoms. The fourth-order valence-corrected chi connectivity index (χ4v) is 1.89. The van der Waals surface area contributed by atoms with Crippen LogP contribution in [0, 0.1) is 0 Å². The third-order valence-electron chi connectivity index (χ3n) is 2.56. The van der Waals surface area contributed by atoms with Crippen LogP contribution in [0.3, 0.4) is 0 Å². The van der Waals surface area contributed by atoms with Crippen molar-refractivity contribution >= 4 is 41.5 Å². The minimum atomic E-state index is 0. The summed E-state index contributed by atoms with van der Waals surface area (Å²) < 4.78 is 0. The lowest BCUT2D eigenvalue weighted by Gasteiger charge is -2.05. The number of hydrogen-bond acceptors (Lipinski definition) is 2. The van der Waals surface area contributed by atoms with Crippen LogP contribution >= 0.6 is 35.6 Å². The molecule has 0 heterocycles. The van der Waals surface area contributed by atoms with Gasteiger partial charge in [0.05, 0.1) is 10.0 Å². The zero-order chi connectivity index (χ0) is 13.4. The van der Waals surface area contributed by atoms with Gasteiger partial charge >= 0.3 is 0 Å². The Morgan fingerprint density at radius 2 is 1.95 bits per heavy atom. The number of hydrogen-bond donors (Lipinski definition) is 2. The van der Waals surface area contributed by atoms with Crippen molar-refractivity contribution in [3.8, 4) is 0 Å². The molecule has 1 aromatic carbocycles. The van der Waals surface area contributed by atoms with Gasteiger partial charge in [-0.15, -0.1) is 12.4 Å². The number of carbonyl (C=O) groups is 1. The molecule has 6 heteroatoms. The predicted octanol–water partition coefficient (Wildman–Crippen LogP) is 3.20. The maximum absolute atomic E-state index is 11.4. The number of benzene rings is 1. The summed E-state index contributed by atoms with van der Waals surface area (Å²) in [5.74, 6) is 0.0727. The van der Waals surface area contributed by atoms with Crippen LogP contribution in [0.4, 0.5) is 0 Å². The Bertz CT molecular complexity index is 399. The van der Waals surface area contributed by atoms with Crippen molar-refractivity contribution in [1.82, 2.24) is 5.32 Å². The van der Waals surface area contributed by atoms with Crippen molar-refractivity contribution < 1.29 is 4.79 Å². The van der Waals surface area contributed by atoms with Gasteiger partial charge in [-0.2, -0.15) is 0 Å². The van der Waals surface area contributed by atoms with E-state index in [1.807, 2.05) is 12.1 Å². The Balaban J connectivity index is 0.00000324. The zero-order valence-electron chi connectivity index (χ0n) is 10.6. The third-order valence-corrected chi connectivity index (χ3v) is 3.30. The van der Waals surface area contributed by atoms with Crippen molar-refractivity contribution in [3.05, 3.63) is 33.8 Å². The zero-order valence-corrected chi connectivity index (χ0v) is 13.0. The van der Waals surface area contributed by atoms with E-state index in [0.717, 1.165) is 24.8 Å². The monoisotopic (exact) mass is 324 g/mol. The first-order valence-electron chi connectivity index (χ1n) is 6.04. The van der Waals surface area contributed by atoms with E-state index in [-0.39, 0.29) is 18.3 Å². The minimum Gasteiger partial charge on any atom is -0.356 e. The lowest BCUT2D eigenvalue weighted by atomic mass is 10.1. The van der Waals surface area contributed by atoms with Gasteiger partial charge in [-0.1, -0.05) is 29.3 Å². The van der Waals surface area contributed by atoms with Crippen LogP contribution in [-0.4, -0.2) is 19.0 Å². The number of amides is 1. The third kappa shape index (κ3) is 7.63. The molecule has 0 atom stereocenters. The Kier molecular flexibility index (Phi) is 10.1. The average molecular weight is 326 g/mol. The van der Waals surface area contributed by atoms with Crippen LogP contribution in [0.5, 0.6) is 0 Å². The van der Waals surface area contributed by atoms with Crippen molar-refractivity contribution in [2.45, 2.75) is 25.7 Å². The molecule has 3 N–H and O–H groups in total. The van der Waals surface area contributed by atoms with E-state index in [2.05, 4.69) is 5.32 Å². The van der Waals surface area contributed by atoms with Crippen LogP contribution in [0.2, 0.25) is 10.0 Å². The normalized spacial score (nSPS) is 9.84. The van der Waals surface area contributed by atoms with Crippen molar-refractivity contribution in [1.29, 1.82) is 0 Å². The van der Waals surface area contributed by atoms with Gasteiger partial charge in [-0.3, -0.25) is 4.79 Å². The molecule has 0 aliphatic heterocycles. The van der Waals surface area contributed by atoms with Crippen LogP contribution in [0.1, 0.15) is 24.8 Å². The van der Waals surface area contributed by atoms with Gasteiger partial charge in [0.25, 0.3) is 0 Å². The smallest absolute Gasteiger partial charge is 0.220 e. The topological polar surface area (TPSA) is 55.1 Å². The van der Waals surface area contributed by atoms with Gasteiger partial charge in [-0.25, -0.2) is 0 Å². The molecule has 1 aromatic rings. The molecule has 1 amide bonds. The van der Waals surface area contributed by atoms with Crippen LogP contribution in [-0.2, 0) is 11.2 Å². The summed E-state index contributed by atoms with van der Waals surface area (Å²) in [4.78, 5) is 11.4. The SMILES string of the molecule is Cl.NCCCNC(=O)CCCc1ccc(Cl)c(Cl)c1. The summed E-state index contributed by atoms with van der Waals surface area (Å²) in [6.45, 7) is 1.26. The summed E-state index contributed by atoms with van der Waals surface area (Å²) in [6, 6.07) is 5.55. The van der Waals surface area contributed by atoms with E-state index in [1.165, 1.54) is 0 Å². The molecule has 3 nitrogen and oxygen atoms in total. The van der Waals surface area contributed by atoms with Crippen LogP contribution in [0.25, 0.3) is 0 Å². The number of aryl methyl sites for hydroxylation is 1. The molecule has 0 bridgehead atoms. The van der Waals surface area contributed by atoms with E-state index < -0.39 is 0 Å². The second-order valence-corrected chi connectivity index (χ2v) is 4.91. The highest BCUT2D eigenvalue weighted by Gasteiger charge is 2.03. The summed E-state index contributed by atoms with van der Waals surface area (Å²) >= 11 is 11.7. The minimum absolute atomic E-state index is 0. The van der Waals surface area contributed by atoms with Crippen molar-refractivity contribution in [3.63, 3.8) is 0 Å². The molecule has 108 valence electrons. The van der Waals surface area contributed by atoms with Gasteiger partial charge < -0.3 is 11.1 Å². The summed E-state index contributed by atoms with van der Waals surface area (Å²) in [5.41, 5.74) is 6.44. The Hall–Kier alpha value is -0.480. The number of nitrogens with two attached hydrogens (primary N) is 1. The largest absolute Gasteiger partial charge is 0.356 e. The maximum atomic E-state index is 11.4. The number of carbonyl (C=O) groups excluding carboxylic acids is 1. The van der Waals surface area contributed by atoms with E-state index >= 15 is 0 Å². The van der Waals surface area contributed by atoms with E-state index in [9.17, 15) is 4.79 Å². The lowest BCUT2D eigenvalue weighted by molar-refractivity contribution is -0.121. The molecule has 0 aromatic heterocycles. The molecule has 0 saturated carbocycles. The quantitative estimate of drug-likeness (QED) is 0.756. The summed E-state index contributed by atoms with van der Waals surface area (Å²) in [6.07, 6.45) is 2.96. The highest BCUT2D eigenvalue weighted by Crippen LogP contribution is 2.23. The molecule has 1 rings (SSSR count). The fourth-order valence-electron chi connectivity index (χ4n) is 1.57. The van der Waals surface area contributed by atoms with Gasteiger partial charge in [-0.05, 0) is 43.5 Å². The Labute approximate surface area is 130 Å². The molecule has 0 unspecified atom stereocenters. The highest BCUT2D eigenvalue weighted by atomic mass is 35.5. The van der Waals surface area contributed by atoms with Crippen molar-refractivity contribution in [2.24, 2.45) is 5.73 Å². The highest BCUT2D eigenvalue weighted by molar-refractivity contribution is 6.42. The van der Waals surface area contributed by atoms with Crippen molar-refractivity contribution in [2.75, 3.05) is 13.1 Å². The first kappa shape index (κ1) is 18.5. The molecule has 19 heavy (non-hydrogen) atoms. The maximum Gasteiger partial charge on any atom is 0.220 e. The van der Waals surface area contributed by atoms with Gasteiger partial charge in [0.15, 0.2) is 0 Å². The Morgan fingerprint density at radius 1 is 1.21 bits per heavy atom. The molecular weight excluding hydrogens is 307 g/mol. The molecular formula is C13H19Cl3N2O. The number of rotatable bonds is 7. The summed E-state index contributed by atoms with van der Waals surface area (Å²) in [7, 11) is 0. The molecule has 0 aliphatic carbocycles. The van der Waals surface area contributed by atoms with E-state index in [1.54, 1.807) is 6.07 Å². The summed E-state index contributed by atoms with van der Waals surface area (Å²) in [5, 5.41) is 3.94. The van der Waals surface area contributed by atoms with Gasteiger partial charge in [0.1, 0.15) is 0 Å². The fraction of sp³-hybridized carbons (Fsp3) is 0.462. The molecule has 0 fully saturated rings. The first-order valence-corrected chi connectivity index (χ1v) is 6.79. The van der Waals surface area contributed by atoms with E-state index in [0.29, 0.717) is 29.6 Å². The average Bonchev–Trinajstić information content (AvgIpc) is 2.34. The second-order valence-electron chi connectivity index (χ2n) is 4.09. The Morgan fingerprint density at radius 3 is 2.58 bits per heavy atom. The molecule has 0 radical (unpaired) electrons. The predicted molar refractivity (Wildman–Crippen MR) is 83.3 cm³/mol. The van der Waals surface area contributed by atoms with Crippen LogP contribution < -0.4 is 11.1 Å². The second kappa shape index (κ2) is 10.3. The standard InChI is InChI=1S/C13H18Cl2N2O.ClH/c14-11-6-5-10(9-12(11)15)3-1-4-13(18)17-8-2-7-16;/h5-6,9H,1-4,7-8,16H2,(H,17,18);1H. The molecule has 0 aliphatic rings. The van der Waals surface area contributed by atoms with E-state index in [4.69, 9.17) is 28.9 Å². The molecule has 0 saturated heterocycles. The lowest BCUT2D eigenvalue weighted by Crippen LogP contribution is -2.25. The number of nitrogens with one attached hydrogen (secondary N) is 1. The van der Waals surface area contributed by atoms with Gasteiger partial charge in [0.2, 0.25) is 5.91 Å². The first-order chi connectivity index (χ1) is 8.63.